The maximum atomic E-state index is 10.7. The number of hydrogen-bond acceptors (Lipinski definition) is 5. The van der Waals surface area contributed by atoms with Crippen LogP contribution in [0.1, 0.15) is 5.56 Å². The van der Waals surface area contributed by atoms with E-state index < -0.39 is 4.92 Å². The van der Waals surface area contributed by atoms with Crippen molar-refractivity contribution >= 4 is 22.7 Å². The minimum Gasteiger partial charge on any atom is -0.355 e. The van der Waals surface area contributed by atoms with Gasteiger partial charge >= 0.3 is 0 Å². The van der Waals surface area contributed by atoms with Crippen LogP contribution in [0, 0.1) is 10.1 Å². The van der Waals surface area contributed by atoms with Crippen molar-refractivity contribution in [3.63, 3.8) is 0 Å². The normalized spacial score (nSPS) is 10.7. The van der Waals surface area contributed by atoms with E-state index in [4.69, 9.17) is 0 Å². The lowest BCUT2D eigenvalue weighted by molar-refractivity contribution is -0.384. The van der Waals surface area contributed by atoms with Crippen LogP contribution in [-0.2, 0) is 6.42 Å². The molecule has 2 aromatic heterocycles. The third-order valence-corrected chi connectivity index (χ3v) is 3.13. The molecule has 0 atom stereocenters. The number of non-ortho nitro benzene ring substituents is 1. The van der Waals surface area contributed by atoms with Crippen LogP contribution in [0.4, 0.5) is 11.6 Å². The van der Waals surface area contributed by atoms with Crippen LogP contribution < -0.4 is 5.32 Å². The average molecular weight is 283 g/mol. The number of pyridine rings is 1. The summed E-state index contributed by atoms with van der Waals surface area (Å²) in [7, 11) is 0. The van der Waals surface area contributed by atoms with Crippen LogP contribution in [0.3, 0.4) is 0 Å². The van der Waals surface area contributed by atoms with Gasteiger partial charge in [-0.2, -0.15) is 0 Å². The van der Waals surface area contributed by atoms with Crippen molar-refractivity contribution in [3.8, 4) is 0 Å². The number of aromatic amines is 1. The molecule has 1 aromatic carbocycles. The van der Waals surface area contributed by atoms with Crippen molar-refractivity contribution in [1.82, 2.24) is 15.0 Å². The van der Waals surface area contributed by atoms with Crippen LogP contribution in [0.5, 0.6) is 0 Å². The van der Waals surface area contributed by atoms with Gasteiger partial charge in [0.05, 0.1) is 16.0 Å². The van der Waals surface area contributed by atoms with Crippen LogP contribution in [0.2, 0.25) is 0 Å². The van der Waals surface area contributed by atoms with E-state index in [-0.39, 0.29) is 5.69 Å². The lowest BCUT2D eigenvalue weighted by atomic mass is 10.2. The third kappa shape index (κ3) is 2.97. The van der Waals surface area contributed by atoms with Gasteiger partial charge in [-0.1, -0.05) is 0 Å². The summed E-state index contributed by atoms with van der Waals surface area (Å²) in [4.78, 5) is 21.7. The summed E-state index contributed by atoms with van der Waals surface area (Å²) < 4.78 is 0. The Morgan fingerprint density at radius 1 is 1.24 bits per heavy atom. The van der Waals surface area contributed by atoms with Crippen molar-refractivity contribution in [2.24, 2.45) is 0 Å². The van der Waals surface area contributed by atoms with Gasteiger partial charge in [-0.25, -0.2) is 4.98 Å². The number of nitro groups is 1. The highest BCUT2D eigenvalue weighted by molar-refractivity contribution is 5.79. The Kier molecular flexibility index (Phi) is 3.46. The summed E-state index contributed by atoms with van der Waals surface area (Å²) in [5.74, 6) is 0.611. The minimum atomic E-state index is -0.420. The summed E-state index contributed by atoms with van der Waals surface area (Å²) in [5, 5.41) is 13.9. The zero-order valence-electron chi connectivity index (χ0n) is 11.1. The predicted molar refractivity (Wildman–Crippen MR) is 79.2 cm³/mol. The van der Waals surface area contributed by atoms with E-state index in [1.54, 1.807) is 18.5 Å². The molecule has 3 aromatic rings. The smallest absolute Gasteiger partial charge is 0.271 e. The highest BCUT2D eigenvalue weighted by atomic mass is 16.6. The number of anilines is 1. The molecule has 3 rings (SSSR count). The molecule has 2 heterocycles. The summed E-state index contributed by atoms with van der Waals surface area (Å²) in [6.07, 6.45) is 4.37. The highest BCUT2D eigenvalue weighted by Gasteiger charge is 2.09. The zero-order valence-corrected chi connectivity index (χ0v) is 11.1. The van der Waals surface area contributed by atoms with Gasteiger partial charge in [-0.05, 0) is 30.2 Å². The standard InChI is InChI=1S/C14H13N5O2/c20-19(21)11-1-2-12-13(9-11)18-14(17-12)16-8-5-10-3-6-15-7-4-10/h1-4,6-7,9H,5,8H2,(H2,16,17,18). The van der Waals surface area contributed by atoms with E-state index in [0.29, 0.717) is 23.5 Å². The van der Waals surface area contributed by atoms with Crippen LogP contribution in [0.15, 0.2) is 42.7 Å². The molecule has 7 nitrogen and oxygen atoms in total. The number of fused-ring (bicyclic) bond motifs is 1. The third-order valence-electron chi connectivity index (χ3n) is 3.13. The second-order valence-electron chi connectivity index (χ2n) is 4.58. The molecule has 0 aliphatic rings. The largest absolute Gasteiger partial charge is 0.355 e. The molecule has 0 spiro atoms. The molecule has 7 heteroatoms. The van der Waals surface area contributed by atoms with Crippen molar-refractivity contribution < 1.29 is 4.92 Å². The second-order valence-corrected chi connectivity index (χ2v) is 4.58. The molecule has 0 radical (unpaired) electrons. The van der Waals surface area contributed by atoms with Gasteiger partial charge < -0.3 is 10.3 Å². The van der Waals surface area contributed by atoms with Crippen molar-refractivity contribution in [1.29, 1.82) is 0 Å². The van der Waals surface area contributed by atoms with Gasteiger partial charge in [0.2, 0.25) is 5.95 Å². The molecule has 0 bridgehead atoms. The van der Waals surface area contributed by atoms with Gasteiger partial charge in [-0.3, -0.25) is 15.1 Å². The topological polar surface area (TPSA) is 96.7 Å². The molecular formula is C14H13N5O2. The maximum Gasteiger partial charge on any atom is 0.271 e. The van der Waals surface area contributed by atoms with Gasteiger partial charge in [0.1, 0.15) is 0 Å². The van der Waals surface area contributed by atoms with Gasteiger partial charge in [0.25, 0.3) is 5.69 Å². The first-order valence-corrected chi connectivity index (χ1v) is 6.49. The molecule has 0 saturated carbocycles. The Bertz CT molecular complexity index is 769. The SMILES string of the molecule is O=[N+]([O-])c1ccc2nc(NCCc3ccncc3)[nH]c2c1. The second kappa shape index (κ2) is 5.58. The fourth-order valence-electron chi connectivity index (χ4n) is 2.07. The quantitative estimate of drug-likeness (QED) is 0.554. The number of nitrogens with zero attached hydrogens (tertiary/aromatic N) is 3. The molecule has 0 fully saturated rings. The van der Waals surface area contributed by atoms with E-state index in [1.807, 2.05) is 12.1 Å². The molecule has 0 aliphatic carbocycles. The van der Waals surface area contributed by atoms with E-state index in [9.17, 15) is 10.1 Å². The van der Waals surface area contributed by atoms with Crippen LogP contribution >= 0.6 is 0 Å². The molecule has 106 valence electrons. The average Bonchev–Trinajstić information content (AvgIpc) is 2.90. The zero-order chi connectivity index (χ0) is 14.7. The lowest BCUT2D eigenvalue weighted by Crippen LogP contribution is -2.05. The van der Waals surface area contributed by atoms with E-state index in [0.717, 1.165) is 6.42 Å². The number of hydrogen-bond donors (Lipinski definition) is 2. The monoisotopic (exact) mass is 283 g/mol. The minimum absolute atomic E-state index is 0.0504. The molecule has 0 amide bonds. The Balaban J connectivity index is 1.68. The summed E-state index contributed by atoms with van der Waals surface area (Å²) in [6, 6.07) is 8.49. The number of imidazole rings is 1. The van der Waals surface area contributed by atoms with Crippen LogP contribution in [-0.4, -0.2) is 26.4 Å². The number of aromatic nitrogens is 3. The Morgan fingerprint density at radius 3 is 2.81 bits per heavy atom. The highest BCUT2D eigenvalue weighted by Crippen LogP contribution is 2.20. The van der Waals surface area contributed by atoms with E-state index in [2.05, 4.69) is 20.3 Å². The molecule has 0 aliphatic heterocycles. The first kappa shape index (κ1) is 13.0. The summed E-state index contributed by atoms with van der Waals surface area (Å²) in [5.41, 5.74) is 2.58. The molecule has 0 unspecified atom stereocenters. The Labute approximate surface area is 120 Å². The predicted octanol–water partition coefficient (Wildman–Crippen LogP) is 2.52. The molecule has 21 heavy (non-hydrogen) atoms. The fraction of sp³-hybridized carbons (Fsp3) is 0.143. The number of benzene rings is 1. The van der Waals surface area contributed by atoms with Gasteiger partial charge in [-0.15, -0.1) is 0 Å². The number of rotatable bonds is 5. The van der Waals surface area contributed by atoms with E-state index in [1.165, 1.54) is 17.7 Å². The molecule has 2 N–H and O–H groups in total. The van der Waals surface area contributed by atoms with Gasteiger partial charge in [0, 0.05) is 31.1 Å². The Morgan fingerprint density at radius 2 is 2.05 bits per heavy atom. The number of H-pyrrole nitrogens is 1. The number of nitro benzene ring substituents is 1. The summed E-state index contributed by atoms with van der Waals surface area (Å²) >= 11 is 0. The summed E-state index contributed by atoms with van der Waals surface area (Å²) in [6.45, 7) is 0.714. The first-order valence-electron chi connectivity index (χ1n) is 6.49. The maximum absolute atomic E-state index is 10.7. The molecular weight excluding hydrogens is 270 g/mol. The molecule has 0 saturated heterocycles. The first-order chi connectivity index (χ1) is 10.2. The van der Waals surface area contributed by atoms with Crippen molar-refractivity contribution in [3.05, 3.63) is 58.4 Å². The Hall–Kier alpha value is -2.96. The van der Waals surface area contributed by atoms with Gasteiger partial charge in [0.15, 0.2) is 0 Å². The number of nitrogens with one attached hydrogen (secondary N) is 2. The van der Waals surface area contributed by atoms with Crippen molar-refractivity contribution in [2.45, 2.75) is 6.42 Å². The lowest BCUT2D eigenvalue weighted by Gasteiger charge is -2.02. The van der Waals surface area contributed by atoms with Crippen LogP contribution in [0.25, 0.3) is 11.0 Å². The fourth-order valence-corrected chi connectivity index (χ4v) is 2.07. The van der Waals surface area contributed by atoms with E-state index >= 15 is 0 Å². The van der Waals surface area contributed by atoms with Crippen molar-refractivity contribution in [2.75, 3.05) is 11.9 Å².